The number of hydrogen-bond acceptors (Lipinski definition) is 3. The Hall–Kier alpha value is -2.61. The van der Waals surface area contributed by atoms with Gasteiger partial charge in [-0.25, -0.2) is 4.99 Å². The monoisotopic (exact) mass is 297 g/mol. The molecule has 1 aliphatic heterocycles. The molecule has 5 heteroatoms. The highest BCUT2D eigenvalue weighted by Gasteiger charge is 2.45. The van der Waals surface area contributed by atoms with Crippen molar-refractivity contribution in [2.24, 2.45) is 4.99 Å². The zero-order valence-electron chi connectivity index (χ0n) is 13.2. The minimum Gasteiger partial charge on any atom is -0.271 e. The van der Waals surface area contributed by atoms with Crippen LogP contribution >= 0.6 is 0 Å². The third-order valence-corrected chi connectivity index (χ3v) is 3.33. The Morgan fingerprint density at radius 2 is 1.59 bits per heavy atom. The average molecular weight is 297 g/mol. The number of carbonyl (C=O) groups excluding carboxylic acids is 2. The van der Waals surface area contributed by atoms with Crippen molar-refractivity contribution >= 4 is 23.5 Å². The first-order valence-corrected chi connectivity index (χ1v) is 7.19. The zero-order valence-corrected chi connectivity index (χ0v) is 13.2. The second-order valence-corrected chi connectivity index (χ2v) is 5.64. The second kappa shape index (κ2) is 6.02. The molecule has 0 unspecified atom stereocenters. The standard InChI is InChI=1S/C17H19N3O2/c1-6-13-8-7-9-14(10-13)18-17-19(11(2)3)15(21)16(22)20(17)12(4)5/h1,7-12H,2-5H3. The first kappa shape index (κ1) is 15.8. The van der Waals surface area contributed by atoms with Crippen molar-refractivity contribution in [3.8, 4) is 12.3 Å². The molecule has 1 heterocycles. The van der Waals surface area contributed by atoms with E-state index in [1.807, 2.05) is 27.7 Å². The normalized spacial score (nSPS) is 15.0. The minimum atomic E-state index is -0.546. The fourth-order valence-corrected chi connectivity index (χ4v) is 2.32. The van der Waals surface area contributed by atoms with Gasteiger partial charge in [0.1, 0.15) is 0 Å². The van der Waals surface area contributed by atoms with Gasteiger partial charge in [-0.1, -0.05) is 12.0 Å². The van der Waals surface area contributed by atoms with E-state index in [1.165, 1.54) is 9.80 Å². The van der Waals surface area contributed by atoms with Gasteiger partial charge in [-0.3, -0.25) is 19.4 Å². The summed E-state index contributed by atoms with van der Waals surface area (Å²) < 4.78 is 0. The van der Waals surface area contributed by atoms with Gasteiger partial charge in [0.25, 0.3) is 0 Å². The van der Waals surface area contributed by atoms with Crippen LogP contribution in [0.2, 0.25) is 0 Å². The Morgan fingerprint density at radius 3 is 2.05 bits per heavy atom. The molecule has 0 aliphatic carbocycles. The van der Waals surface area contributed by atoms with E-state index in [0.717, 1.165) is 0 Å². The Bertz CT molecular complexity index is 655. The summed E-state index contributed by atoms with van der Waals surface area (Å²) in [7, 11) is 0. The molecule has 114 valence electrons. The van der Waals surface area contributed by atoms with Crippen LogP contribution in [0.4, 0.5) is 5.69 Å². The first-order chi connectivity index (χ1) is 10.4. The zero-order chi connectivity index (χ0) is 16.4. The number of hydrogen-bond donors (Lipinski definition) is 0. The summed E-state index contributed by atoms with van der Waals surface area (Å²) in [5.41, 5.74) is 1.31. The maximum absolute atomic E-state index is 12.2. The van der Waals surface area contributed by atoms with Gasteiger partial charge in [-0.05, 0) is 45.9 Å². The van der Waals surface area contributed by atoms with Crippen LogP contribution in [-0.4, -0.2) is 39.7 Å². The molecule has 2 amide bonds. The first-order valence-electron chi connectivity index (χ1n) is 7.19. The van der Waals surface area contributed by atoms with Crippen LogP contribution in [0.1, 0.15) is 33.3 Å². The number of amides is 2. The third kappa shape index (κ3) is 2.73. The van der Waals surface area contributed by atoms with Gasteiger partial charge in [0.2, 0.25) is 5.96 Å². The fraction of sp³-hybridized carbons (Fsp3) is 0.353. The molecule has 5 nitrogen and oxygen atoms in total. The van der Waals surface area contributed by atoms with Gasteiger partial charge in [-0.2, -0.15) is 0 Å². The van der Waals surface area contributed by atoms with Crippen molar-refractivity contribution in [2.45, 2.75) is 39.8 Å². The van der Waals surface area contributed by atoms with E-state index in [0.29, 0.717) is 17.2 Å². The molecule has 2 rings (SSSR count). The van der Waals surface area contributed by atoms with Crippen molar-refractivity contribution in [1.82, 2.24) is 9.80 Å². The summed E-state index contributed by atoms with van der Waals surface area (Å²) in [5, 5.41) is 0. The highest BCUT2D eigenvalue weighted by atomic mass is 16.2. The van der Waals surface area contributed by atoms with Crippen LogP contribution in [0, 0.1) is 12.3 Å². The van der Waals surface area contributed by atoms with Crippen LogP contribution < -0.4 is 0 Å². The highest BCUT2D eigenvalue weighted by Crippen LogP contribution is 2.22. The topological polar surface area (TPSA) is 53.0 Å². The fourth-order valence-electron chi connectivity index (χ4n) is 2.32. The summed E-state index contributed by atoms with van der Waals surface area (Å²) in [4.78, 5) is 31.8. The van der Waals surface area contributed by atoms with Crippen molar-refractivity contribution in [3.05, 3.63) is 29.8 Å². The van der Waals surface area contributed by atoms with E-state index in [2.05, 4.69) is 10.9 Å². The van der Waals surface area contributed by atoms with Crippen LogP contribution in [0.25, 0.3) is 0 Å². The van der Waals surface area contributed by atoms with E-state index in [9.17, 15) is 9.59 Å². The van der Waals surface area contributed by atoms with Gasteiger partial charge >= 0.3 is 11.8 Å². The average Bonchev–Trinajstić information content (AvgIpc) is 2.70. The molecule has 0 aromatic heterocycles. The Labute approximate surface area is 130 Å². The van der Waals surface area contributed by atoms with E-state index in [4.69, 9.17) is 6.42 Å². The summed E-state index contributed by atoms with van der Waals surface area (Å²) >= 11 is 0. The summed E-state index contributed by atoms with van der Waals surface area (Å²) in [6, 6.07) is 6.82. The Balaban J connectivity index is 2.55. The number of terminal acetylenes is 1. The molecule has 0 radical (unpaired) electrons. The minimum absolute atomic E-state index is 0.158. The predicted octanol–water partition coefficient (Wildman–Crippen LogP) is 2.14. The lowest BCUT2D eigenvalue weighted by molar-refractivity contribution is -0.144. The molecule has 0 spiro atoms. The van der Waals surface area contributed by atoms with E-state index < -0.39 is 11.8 Å². The van der Waals surface area contributed by atoms with Crippen LogP contribution in [0.3, 0.4) is 0 Å². The molecule has 22 heavy (non-hydrogen) atoms. The van der Waals surface area contributed by atoms with Gasteiger partial charge in [-0.15, -0.1) is 6.42 Å². The van der Waals surface area contributed by atoms with Crippen molar-refractivity contribution in [2.75, 3.05) is 0 Å². The number of aliphatic imine (C=N–C) groups is 1. The maximum Gasteiger partial charge on any atom is 0.319 e. The molecule has 1 saturated heterocycles. The molecule has 1 aliphatic rings. The Morgan fingerprint density at radius 1 is 1.05 bits per heavy atom. The number of rotatable bonds is 3. The number of carbonyl (C=O) groups is 2. The lowest BCUT2D eigenvalue weighted by Gasteiger charge is -2.25. The second-order valence-electron chi connectivity index (χ2n) is 5.64. The molecule has 0 N–H and O–H groups in total. The van der Waals surface area contributed by atoms with Gasteiger partial charge < -0.3 is 0 Å². The predicted molar refractivity (Wildman–Crippen MR) is 85.4 cm³/mol. The van der Waals surface area contributed by atoms with Crippen LogP contribution in [-0.2, 0) is 9.59 Å². The number of nitrogens with zero attached hydrogens (tertiary/aromatic N) is 3. The van der Waals surface area contributed by atoms with E-state index in [-0.39, 0.29) is 12.1 Å². The van der Waals surface area contributed by atoms with Crippen molar-refractivity contribution < 1.29 is 9.59 Å². The lowest BCUT2D eigenvalue weighted by Crippen LogP contribution is -2.41. The highest BCUT2D eigenvalue weighted by molar-refractivity contribution is 6.45. The van der Waals surface area contributed by atoms with Crippen molar-refractivity contribution in [1.29, 1.82) is 0 Å². The van der Waals surface area contributed by atoms with E-state index >= 15 is 0 Å². The van der Waals surface area contributed by atoms with Gasteiger partial charge in [0.15, 0.2) is 0 Å². The van der Waals surface area contributed by atoms with Gasteiger partial charge in [0, 0.05) is 17.6 Å². The van der Waals surface area contributed by atoms with Crippen molar-refractivity contribution in [3.63, 3.8) is 0 Å². The largest absolute Gasteiger partial charge is 0.319 e. The summed E-state index contributed by atoms with van der Waals surface area (Å²) in [5.74, 6) is 1.81. The molecular formula is C17H19N3O2. The SMILES string of the molecule is C#Cc1cccc(N=C2N(C(C)C)C(=O)C(=O)N2C(C)C)c1. The Kier molecular flexibility index (Phi) is 4.32. The third-order valence-electron chi connectivity index (χ3n) is 3.33. The molecule has 0 saturated carbocycles. The van der Waals surface area contributed by atoms with E-state index in [1.54, 1.807) is 24.3 Å². The quantitative estimate of drug-likeness (QED) is 0.634. The maximum atomic E-state index is 12.2. The van der Waals surface area contributed by atoms with Crippen LogP contribution in [0.5, 0.6) is 0 Å². The summed E-state index contributed by atoms with van der Waals surface area (Å²) in [6.45, 7) is 7.40. The molecule has 0 bridgehead atoms. The number of guanidine groups is 1. The smallest absolute Gasteiger partial charge is 0.271 e. The van der Waals surface area contributed by atoms with Gasteiger partial charge in [0.05, 0.1) is 5.69 Å². The molecular weight excluding hydrogens is 278 g/mol. The van der Waals surface area contributed by atoms with Crippen LogP contribution in [0.15, 0.2) is 29.3 Å². The number of benzene rings is 1. The molecule has 0 atom stereocenters. The lowest BCUT2D eigenvalue weighted by atomic mass is 10.2. The summed E-state index contributed by atoms with van der Waals surface area (Å²) in [6.07, 6.45) is 5.39. The molecule has 1 aromatic rings. The molecule has 1 aromatic carbocycles. The molecule has 1 fully saturated rings.